The number of aromatic nitrogens is 1. The number of nitrogens with zero attached hydrogens (tertiary/aromatic N) is 2. The summed E-state index contributed by atoms with van der Waals surface area (Å²) in [5.41, 5.74) is 1.47. The molecule has 1 aliphatic heterocycles. The van der Waals surface area contributed by atoms with Crippen LogP contribution in [0.25, 0.3) is 10.2 Å². The Labute approximate surface area is 178 Å². The van der Waals surface area contributed by atoms with Crippen molar-refractivity contribution in [1.82, 2.24) is 9.29 Å². The maximum atomic E-state index is 12.7. The van der Waals surface area contributed by atoms with Crippen LogP contribution in [0.2, 0.25) is 0 Å². The smallest absolute Gasteiger partial charge is 0.243 e. The number of amides is 1. The van der Waals surface area contributed by atoms with Gasteiger partial charge in [-0.1, -0.05) is 30.0 Å². The Hall–Kier alpha value is -1.94. The third-order valence-electron chi connectivity index (χ3n) is 4.65. The fraction of sp³-hybridized carbons (Fsp3) is 0.300. The average molecular weight is 448 g/mol. The highest BCUT2D eigenvalue weighted by Crippen LogP contribution is 2.29. The minimum atomic E-state index is -3.49. The number of benzene rings is 2. The molecule has 6 nitrogen and oxygen atoms in total. The Morgan fingerprint density at radius 2 is 1.93 bits per heavy atom. The van der Waals surface area contributed by atoms with E-state index >= 15 is 0 Å². The number of rotatable bonds is 7. The molecule has 2 heterocycles. The molecule has 1 aromatic heterocycles. The van der Waals surface area contributed by atoms with Gasteiger partial charge in [-0.2, -0.15) is 4.31 Å². The van der Waals surface area contributed by atoms with E-state index < -0.39 is 10.0 Å². The molecule has 4 rings (SSSR count). The molecule has 29 heavy (non-hydrogen) atoms. The van der Waals surface area contributed by atoms with Crippen molar-refractivity contribution < 1.29 is 13.2 Å². The Kier molecular flexibility index (Phi) is 6.19. The van der Waals surface area contributed by atoms with E-state index in [-0.39, 0.29) is 10.8 Å². The molecule has 0 aliphatic carbocycles. The molecule has 152 valence electrons. The van der Waals surface area contributed by atoms with Crippen LogP contribution in [0, 0.1) is 0 Å². The van der Waals surface area contributed by atoms with Crippen molar-refractivity contribution in [2.75, 3.05) is 24.2 Å². The molecule has 0 saturated carbocycles. The van der Waals surface area contributed by atoms with Crippen LogP contribution in [0.4, 0.5) is 5.69 Å². The van der Waals surface area contributed by atoms with E-state index in [1.807, 2.05) is 24.3 Å². The lowest BCUT2D eigenvalue weighted by atomic mass is 10.3. The second-order valence-corrected chi connectivity index (χ2v) is 11.0. The van der Waals surface area contributed by atoms with Crippen LogP contribution in [0.3, 0.4) is 0 Å². The minimum Gasteiger partial charge on any atom is -0.326 e. The summed E-state index contributed by atoms with van der Waals surface area (Å²) in [4.78, 5) is 17.1. The van der Waals surface area contributed by atoms with Crippen LogP contribution in [0.15, 0.2) is 57.8 Å². The summed E-state index contributed by atoms with van der Waals surface area (Å²) in [6.07, 6.45) is 2.10. The number of carbonyl (C=O) groups excluding carboxylic acids is 1. The van der Waals surface area contributed by atoms with Crippen LogP contribution in [-0.2, 0) is 14.8 Å². The second-order valence-electron chi connectivity index (χ2n) is 6.73. The van der Waals surface area contributed by atoms with Gasteiger partial charge < -0.3 is 5.32 Å². The van der Waals surface area contributed by atoms with Crippen LogP contribution >= 0.6 is 23.1 Å². The maximum absolute atomic E-state index is 12.7. The van der Waals surface area contributed by atoms with Crippen molar-refractivity contribution in [3.05, 3.63) is 48.5 Å². The quantitative estimate of drug-likeness (QED) is 0.549. The van der Waals surface area contributed by atoms with Gasteiger partial charge in [-0.3, -0.25) is 4.79 Å². The molecular weight excluding hydrogens is 426 g/mol. The van der Waals surface area contributed by atoms with Gasteiger partial charge in [0, 0.05) is 31.0 Å². The monoisotopic (exact) mass is 447 g/mol. The van der Waals surface area contributed by atoms with E-state index in [4.69, 9.17) is 0 Å². The van der Waals surface area contributed by atoms with Crippen molar-refractivity contribution in [1.29, 1.82) is 0 Å². The summed E-state index contributed by atoms with van der Waals surface area (Å²) in [5, 5.41) is 2.81. The highest BCUT2D eigenvalue weighted by molar-refractivity contribution is 8.01. The van der Waals surface area contributed by atoms with E-state index in [1.54, 1.807) is 41.3 Å². The average Bonchev–Trinajstić information content (AvgIpc) is 3.38. The zero-order chi connectivity index (χ0) is 20.3. The highest BCUT2D eigenvalue weighted by Gasteiger charge is 2.27. The topological polar surface area (TPSA) is 79.4 Å². The van der Waals surface area contributed by atoms with Crippen molar-refractivity contribution in [2.45, 2.75) is 28.5 Å². The van der Waals surface area contributed by atoms with Crippen LogP contribution in [0.1, 0.15) is 19.3 Å². The predicted molar refractivity (Wildman–Crippen MR) is 118 cm³/mol. The zero-order valence-electron chi connectivity index (χ0n) is 15.7. The minimum absolute atomic E-state index is 0.144. The summed E-state index contributed by atoms with van der Waals surface area (Å²) < 4.78 is 28.9. The summed E-state index contributed by atoms with van der Waals surface area (Å²) >= 11 is 3.17. The molecule has 1 fully saturated rings. The van der Waals surface area contributed by atoms with E-state index in [1.165, 1.54) is 10.4 Å². The number of nitrogens with one attached hydrogen (secondary N) is 1. The highest BCUT2D eigenvalue weighted by atomic mass is 32.2. The van der Waals surface area contributed by atoms with Gasteiger partial charge in [0.15, 0.2) is 4.34 Å². The zero-order valence-corrected chi connectivity index (χ0v) is 18.2. The van der Waals surface area contributed by atoms with Gasteiger partial charge >= 0.3 is 0 Å². The molecular formula is C20H21N3O3S3. The number of hydrogen-bond acceptors (Lipinski definition) is 6. The first kappa shape index (κ1) is 20.3. The van der Waals surface area contributed by atoms with Gasteiger partial charge in [-0.05, 0) is 43.2 Å². The summed E-state index contributed by atoms with van der Waals surface area (Å²) in [7, 11) is -3.49. The number of hydrogen-bond donors (Lipinski definition) is 1. The Morgan fingerprint density at radius 3 is 2.72 bits per heavy atom. The summed E-state index contributed by atoms with van der Waals surface area (Å²) in [6, 6.07) is 14.4. The molecule has 3 aromatic rings. The molecule has 9 heteroatoms. The lowest BCUT2D eigenvalue weighted by Crippen LogP contribution is -2.27. The number of sulfonamides is 1. The van der Waals surface area contributed by atoms with Crippen LogP contribution in [0.5, 0.6) is 0 Å². The Bertz CT molecular complexity index is 1090. The third kappa shape index (κ3) is 4.80. The number of fused-ring (bicyclic) bond motifs is 1. The third-order valence-corrected chi connectivity index (χ3v) is 8.73. The Balaban J connectivity index is 1.33. The first-order valence-electron chi connectivity index (χ1n) is 9.41. The number of carbonyl (C=O) groups is 1. The van der Waals surface area contributed by atoms with Crippen LogP contribution in [-0.4, -0.2) is 42.5 Å². The molecule has 0 spiro atoms. The SMILES string of the molecule is O=C(CCSc1nc2ccccc2s1)Nc1cccc(S(=O)(=O)N2CCCC2)c1. The summed E-state index contributed by atoms with van der Waals surface area (Å²) in [6.45, 7) is 1.11. The normalized spacial score (nSPS) is 15.0. The molecule has 0 unspecified atom stereocenters. The fourth-order valence-corrected chi connectivity index (χ4v) is 6.82. The molecule has 1 N–H and O–H groups in total. The van der Waals surface area contributed by atoms with Crippen molar-refractivity contribution in [3.8, 4) is 0 Å². The maximum Gasteiger partial charge on any atom is 0.243 e. The van der Waals surface area contributed by atoms with E-state index in [2.05, 4.69) is 10.3 Å². The van der Waals surface area contributed by atoms with Crippen molar-refractivity contribution in [2.24, 2.45) is 0 Å². The standard InChI is InChI=1S/C20H21N3O3S3/c24-19(10-13-27-20-22-17-8-1-2-9-18(17)28-20)21-15-6-5-7-16(14-15)29(25,26)23-11-3-4-12-23/h1-2,5-9,14H,3-4,10-13H2,(H,21,24). The molecule has 1 aliphatic rings. The number of para-hydroxylation sites is 1. The van der Waals surface area contributed by atoms with Gasteiger partial charge in [-0.25, -0.2) is 13.4 Å². The summed E-state index contributed by atoms with van der Waals surface area (Å²) in [5.74, 6) is 0.464. The van der Waals surface area contributed by atoms with Crippen molar-refractivity contribution in [3.63, 3.8) is 0 Å². The number of anilines is 1. The molecule has 0 atom stereocenters. The van der Waals surface area contributed by atoms with E-state index in [0.717, 1.165) is 27.4 Å². The first-order valence-corrected chi connectivity index (χ1v) is 12.6. The van der Waals surface area contributed by atoms with E-state index in [9.17, 15) is 13.2 Å². The van der Waals surface area contributed by atoms with E-state index in [0.29, 0.717) is 31.0 Å². The Morgan fingerprint density at radius 1 is 1.14 bits per heavy atom. The second kappa shape index (κ2) is 8.83. The van der Waals surface area contributed by atoms with Gasteiger partial charge in [-0.15, -0.1) is 11.3 Å². The largest absolute Gasteiger partial charge is 0.326 e. The number of thiazole rings is 1. The van der Waals surface area contributed by atoms with Crippen LogP contribution < -0.4 is 5.32 Å². The molecule has 1 saturated heterocycles. The van der Waals surface area contributed by atoms with Gasteiger partial charge in [0.25, 0.3) is 0 Å². The molecule has 1 amide bonds. The predicted octanol–water partition coefficient (Wildman–Crippen LogP) is 4.20. The lowest BCUT2D eigenvalue weighted by molar-refractivity contribution is -0.115. The molecule has 0 bridgehead atoms. The number of thioether (sulfide) groups is 1. The molecule has 0 radical (unpaired) electrons. The van der Waals surface area contributed by atoms with Crippen molar-refractivity contribution >= 4 is 54.9 Å². The lowest BCUT2D eigenvalue weighted by Gasteiger charge is -2.16. The van der Waals surface area contributed by atoms with Gasteiger partial charge in [0.2, 0.25) is 15.9 Å². The molecule has 2 aromatic carbocycles. The fourth-order valence-electron chi connectivity index (χ4n) is 3.18. The van der Waals surface area contributed by atoms with Gasteiger partial charge in [0.05, 0.1) is 15.1 Å². The first-order chi connectivity index (χ1) is 14.0. The van der Waals surface area contributed by atoms with Gasteiger partial charge in [0.1, 0.15) is 0 Å².